The third-order valence-electron chi connectivity index (χ3n) is 3.02. The second-order valence-electron chi connectivity index (χ2n) is 4.16. The molecule has 3 heteroatoms. The van der Waals surface area contributed by atoms with Crippen molar-refractivity contribution in [3.05, 3.63) is 0 Å². The molecule has 0 spiro atoms. The van der Waals surface area contributed by atoms with Gasteiger partial charge in [0.25, 0.3) is 0 Å². The second-order valence-corrected chi connectivity index (χ2v) is 4.16. The smallest absolute Gasteiger partial charge is 0.240 e. The number of nitrogens with one attached hydrogen (secondary N) is 1. The summed E-state index contributed by atoms with van der Waals surface area (Å²) in [5.41, 5.74) is 0. The van der Waals surface area contributed by atoms with Crippen molar-refractivity contribution < 1.29 is 4.79 Å². The Morgan fingerprint density at radius 1 is 1.43 bits per heavy atom. The highest BCUT2D eigenvalue weighted by Crippen LogP contribution is 2.19. The zero-order valence-corrected chi connectivity index (χ0v) is 9.71. The zero-order valence-electron chi connectivity index (χ0n) is 9.71. The Labute approximate surface area is 86.9 Å². The number of nitrogens with zero attached hydrogens (tertiary/aromatic N) is 1. The third-order valence-corrected chi connectivity index (χ3v) is 3.02. The first-order valence-corrected chi connectivity index (χ1v) is 5.70. The van der Waals surface area contributed by atoms with Gasteiger partial charge in [0.2, 0.25) is 5.91 Å². The van der Waals surface area contributed by atoms with Crippen LogP contribution >= 0.6 is 0 Å². The van der Waals surface area contributed by atoms with Crippen molar-refractivity contribution in [2.45, 2.75) is 65.2 Å². The van der Waals surface area contributed by atoms with E-state index in [2.05, 4.69) is 26.1 Å². The van der Waals surface area contributed by atoms with E-state index >= 15 is 0 Å². The van der Waals surface area contributed by atoms with Gasteiger partial charge in [0.05, 0.1) is 12.2 Å². The Hall–Kier alpha value is -0.570. The number of carbonyl (C=O) groups is 1. The molecule has 3 nitrogen and oxygen atoms in total. The molecule has 3 atom stereocenters. The first-order valence-electron chi connectivity index (χ1n) is 5.70. The predicted molar refractivity (Wildman–Crippen MR) is 57.9 cm³/mol. The highest BCUT2D eigenvalue weighted by molar-refractivity contribution is 5.84. The topological polar surface area (TPSA) is 32.3 Å². The molecule has 1 heterocycles. The van der Waals surface area contributed by atoms with Crippen molar-refractivity contribution in [1.82, 2.24) is 10.2 Å². The maximum atomic E-state index is 11.9. The van der Waals surface area contributed by atoms with E-state index in [4.69, 9.17) is 0 Å². The second kappa shape index (κ2) is 4.78. The lowest BCUT2D eigenvalue weighted by atomic mass is 10.1. The number of hydrogen-bond acceptors (Lipinski definition) is 2. The Kier molecular flexibility index (Phi) is 3.93. The summed E-state index contributed by atoms with van der Waals surface area (Å²) >= 11 is 0. The van der Waals surface area contributed by atoms with E-state index in [9.17, 15) is 4.79 Å². The van der Waals surface area contributed by atoms with E-state index in [0.29, 0.717) is 6.04 Å². The van der Waals surface area contributed by atoms with E-state index < -0.39 is 0 Å². The van der Waals surface area contributed by atoms with Crippen LogP contribution in [-0.4, -0.2) is 29.1 Å². The first kappa shape index (κ1) is 11.5. The SMILES string of the molecule is CCCC(CC)N1C(=O)C(C)NC1C. The predicted octanol–water partition coefficient (Wildman–Crippen LogP) is 1.73. The minimum Gasteiger partial charge on any atom is -0.323 e. The summed E-state index contributed by atoms with van der Waals surface area (Å²) in [5.74, 6) is 0.262. The van der Waals surface area contributed by atoms with Gasteiger partial charge in [-0.15, -0.1) is 0 Å². The molecule has 14 heavy (non-hydrogen) atoms. The summed E-state index contributed by atoms with van der Waals surface area (Å²) in [6.07, 6.45) is 3.51. The maximum Gasteiger partial charge on any atom is 0.240 e. The van der Waals surface area contributed by atoms with Crippen LogP contribution in [0, 0.1) is 0 Å². The van der Waals surface area contributed by atoms with Crippen molar-refractivity contribution in [3.63, 3.8) is 0 Å². The summed E-state index contributed by atoms with van der Waals surface area (Å²) < 4.78 is 0. The Balaban J connectivity index is 2.68. The average Bonchev–Trinajstić information content (AvgIpc) is 2.39. The molecule has 1 aliphatic heterocycles. The molecule has 1 rings (SSSR count). The molecule has 0 aromatic carbocycles. The fourth-order valence-electron chi connectivity index (χ4n) is 2.30. The maximum absolute atomic E-state index is 11.9. The quantitative estimate of drug-likeness (QED) is 0.746. The van der Waals surface area contributed by atoms with Crippen LogP contribution in [0.1, 0.15) is 47.0 Å². The molecule has 1 N–H and O–H groups in total. The van der Waals surface area contributed by atoms with Gasteiger partial charge >= 0.3 is 0 Å². The molecule has 0 bridgehead atoms. The monoisotopic (exact) mass is 198 g/mol. The molecule has 3 unspecified atom stereocenters. The molecule has 1 aliphatic rings. The molecule has 0 radical (unpaired) electrons. The van der Waals surface area contributed by atoms with E-state index in [1.54, 1.807) is 0 Å². The summed E-state index contributed by atoms with van der Waals surface area (Å²) in [7, 11) is 0. The summed E-state index contributed by atoms with van der Waals surface area (Å²) in [5, 5.41) is 3.27. The Bertz CT molecular complexity index is 205. The molecule has 1 fully saturated rings. The van der Waals surface area contributed by atoms with Crippen molar-refractivity contribution in [3.8, 4) is 0 Å². The fourth-order valence-corrected chi connectivity index (χ4v) is 2.30. The van der Waals surface area contributed by atoms with E-state index in [1.807, 2.05) is 11.8 Å². The Morgan fingerprint density at radius 3 is 2.43 bits per heavy atom. The van der Waals surface area contributed by atoms with Gasteiger partial charge in [-0.2, -0.15) is 0 Å². The van der Waals surface area contributed by atoms with Crippen LogP contribution in [0.15, 0.2) is 0 Å². The number of carbonyl (C=O) groups excluding carboxylic acids is 1. The van der Waals surface area contributed by atoms with Gasteiger partial charge < -0.3 is 4.90 Å². The molecule has 0 aromatic heterocycles. The van der Waals surface area contributed by atoms with Crippen LogP contribution in [-0.2, 0) is 4.79 Å². The van der Waals surface area contributed by atoms with Crippen LogP contribution in [0.5, 0.6) is 0 Å². The van der Waals surface area contributed by atoms with E-state index in [0.717, 1.165) is 19.3 Å². The van der Waals surface area contributed by atoms with Gasteiger partial charge in [-0.3, -0.25) is 10.1 Å². The normalized spacial score (nSPS) is 29.7. The van der Waals surface area contributed by atoms with Crippen LogP contribution in [0.3, 0.4) is 0 Å². The average molecular weight is 198 g/mol. The molecule has 0 aliphatic carbocycles. The highest BCUT2D eigenvalue weighted by atomic mass is 16.2. The minimum atomic E-state index is -0.00379. The number of hydrogen-bond donors (Lipinski definition) is 1. The van der Waals surface area contributed by atoms with Gasteiger partial charge in [-0.05, 0) is 26.7 Å². The third kappa shape index (κ3) is 2.08. The molecule has 1 saturated heterocycles. The fraction of sp³-hybridized carbons (Fsp3) is 0.909. The minimum absolute atomic E-state index is 0.00379. The molecule has 0 saturated carbocycles. The van der Waals surface area contributed by atoms with Gasteiger partial charge in [-0.1, -0.05) is 20.3 Å². The lowest BCUT2D eigenvalue weighted by molar-refractivity contribution is -0.132. The highest BCUT2D eigenvalue weighted by Gasteiger charge is 2.36. The van der Waals surface area contributed by atoms with Crippen molar-refractivity contribution in [2.75, 3.05) is 0 Å². The van der Waals surface area contributed by atoms with Gasteiger partial charge in [0, 0.05) is 6.04 Å². The van der Waals surface area contributed by atoms with Crippen LogP contribution in [0.25, 0.3) is 0 Å². The van der Waals surface area contributed by atoms with E-state index in [1.165, 1.54) is 0 Å². The van der Waals surface area contributed by atoms with Crippen molar-refractivity contribution in [1.29, 1.82) is 0 Å². The lowest BCUT2D eigenvalue weighted by Gasteiger charge is -2.30. The Morgan fingerprint density at radius 2 is 2.07 bits per heavy atom. The summed E-state index contributed by atoms with van der Waals surface area (Å²) in [4.78, 5) is 13.9. The molecular weight excluding hydrogens is 176 g/mol. The number of rotatable bonds is 4. The van der Waals surface area contributed by atoms with Crippen LogP contribution in [0.2, 0.25) is 0 Å². The molecule has 82 valence electrons. The van der Waals surface area contributed by atoms with Crippen LogP contribution in [0.4, 0.5) is 0 Å². The number of amides is 1. The van der Waals surface area contributed by atoms with Gasteiger partial charge in [0.15, 0.2) is 0 Å². The molecule has 1 amide bonds. The first-order chi connectivity index (χ1) is 6.61. The molecule has 0 aromatic rings. The van der Waals surface area contributed by atoms with Crippen LogP contribution < -0.4 is 5.32 Å². The lowest BCUT2D eigenvalue weighted by Crippen LogP contribution is -2.42. The molecular formula is C11H22N2O. The van der Waals surface area contributed by atoms with Gasteiger partial charge in [-0.25, -0.2) is 0 Å². The van der Waals surface area contributed by atoms with E-state index in [-0.39, 0.29) is 18.1 Å². The largest absolute Gasteiger partial charge is 0.323 e. The van der Waals surface area contributed by atoms with Crippen molar-refractivity contribution in [2.24, 2.45) is 0 Å². The summed E-state index contributed by atoms with van der Waals surface area (Å²) in [6.45, 7) is 8.34. The zero-order chi connectivity index (χ0) is 10.7. The van der Waals surface area contributed by atoms with Crippen molar-refractivity contribution >= 4 is 5.91 Å². The van der Waals surface area contributed by atoms with Gasteiger partial charge in [0.1, 0.15) is 0 Å². The standard InChI is InChI=1S/C11H22N2O/c1-5-7-10(6-2)13-9(4)12-8(3)11(13)14/h8-10,12H,5-7H2,1-4H3. The summed E-state index contributed by atoms with van der Waals surface area (Å²) in [6, 6.07) is 0.413.